The molecule has 166 valence electrons. The second kappa shape index (κ2) is 10.1. The number of fused-ring (bicyclic) bond motifs is 1. The molecule has 1 aromatic carbocycles. The lowest BCUT2D eigenvalue weighted by Crippen LogP contribution is -2.71. The Kier molecular flexibility index (Phi) is 10.1. The molecule has 0 bridgehead atoms. The molecule has 29 heavy (non-hydrogen) atoms. The van der Waals surface area contributed by atoms with Crippen LogP contribution in [0, 0.1) is 0 Å². The van der Waals surface area contributed by atoms with Crippen LogP contribution in [0.4, 0.5) is 0 Å². The van der Waals surface area contributed by atoms with Crippen molar-refractivity contribution in [3.05, 3.63) is 29.8 Å². The van der Waals surface area contributed by atoms with Gasteiger partial charge in [-0.1, -0.05) is 12.1 Å². The molecule has 0 radical (unpaired) electrons. The van der Waals surface area contributed by atoms with Gasteiger partial charge in [-0.05, 0) is 31.5 Å². The molecule has 11 nitrogen and oxygen atoms in total. The normalized spacial score (nSPS) is 24.2. The Morgan fingerprint density at radius 3 is 2.21 bits per heavy atom. The van der Waals surface area contributed by atoms with Crippen molar-refractivity contribution in [2.24, 2.45) is 5.73 Å². The highest BCUT2D eigenvalue weighted by Crippen LogP contribution is 2.50. The molecule has 2 aliphatic rings. The van der Waals surface area contributed by atoms with Crippen LogP contribution in [0.3, 0.4) is 0 Å². The summed E-state index contributed by atoms with van der Waals surface area (Å²) in [5, 5.41) is 20.9. The summed E-state index contributed by atoms with van der Waals surface area (Å²) < 4.78 is -0.648. The number of aliphatic carboxylic acids is 1. The molecular weight excluding hydrogens is 430 g/mol. The van der Waals surface area contributed by atoms with E-state index in [1.807, 2.05) is 0 Å². The first kappa shape index (κ1) is 29.1. The summed E-state index contributed by atoms with van der Waals surface area (Å²) in [6, 6.07) is 3.21. The largest absolute Gasteiger partial charge is 0.508 e. The zero-order chi connectivity index (χ0) is 18.5. The number of phenolic OH excluding ortho intramolecular Hbond substituents is 1. The summed E-state index contributed by atoms with van der Waals surface area (Å²) in [5.41, 5.74) is 6.41. The van der Waals surface area contributed by atoms with Crippen molar-refractivity contribution >= 4 is 42.0 Å². The third-order valence-corrected chi connectivity index (χ3v) is 6.08. The molecule has 0 aliphatic carbocycles. The number of carbonyl (C=O) groups excluding carboxylic acids is 2. The molecule has 2 saturated heterocycles. The maximum Gasteiger partial charge on any atom is 0.327 e. The Balaban J connectivity index is 0. The number of halogens is 1. The van der Waals surface area contributed by atoms with Crippen molar-refractivity contribution in [2.45, 2.75) is 42.1 Å². The second-order valence-electron chi connectivity index (χ2n) is 6.65. The topological polar surface area (TPSA) is 227 Å². The number of carboxylic acid groups (broad SMARTS) is 1. The average Bonchev–Trinajstić information content (AvgIpc) is 2.80. The molecule has 0 aromatic heterocycles. The monoisotopic (exact) mass is 455 g/mol. The van der Waals surface area contributed by atoms with Gasteiger partial charge in [-0.3, -0.25) is 9.59 Å². The van der Waals surface area contributed by atoms with E-state index in [1.165, 1.54) is 40.9 Å². The van der Waals surface area contributed by atoms with E-state index in [2.05, 4.69) is 5.32 Å². The Hall–Kier alpha value is -2.09. The van der Waals surface area contributed by atoms with Crippen molar-refractivity contribution in [3.8, 4) is 5.75 Å². The zero-order valence-electron chi connectivity index (χ0n) is 15.6. The van der Waals surface area contributed by atoms with E-state index in [0.717, 1.165) is 0 Å². The summed E-state index contributed by atoms with van der Waals surface area (Å²) in [6.45, 7) is 3.53. The van der Waals surface area contributed by atoms with Crippen molar-refractivity contribution in [1.29, 1.82) is 0 Å². The van der Waals surface area contributed by atoms with Gasteiger partial charge in [0.25, 0.3) is 0 Å². The van der Waals surface area contributed by atoms with Crippen molar-refractivity contribution in [1.82, 2.24) is 10.2 Å². The molecule has 0 spiro atoms. The van der Waals surface area contributed by atoms with Gasteiger partial charge in [0, 0.05) is 4.75 Å². The maximum absolute atomic E-state index is 12.3. The predicted octanol–water partition coefficient (Wildman–Crippen LogP) is -2.03. The third kappa shape index (κ3) is 4.91. The third-order valence-electron chi connectivity index (χ3n) is 4.51. The van der Waals surface area contributed by atoms with Crippen LogP contribution in [0.5, 0.6) is 5.75 Å². The number of carboxylic acids is 1. The number of hydrogen-bond donors (Lipinski definition) is 4. The van der Waals surface area contributed by atoms with Crippen molar-refractivity contribution < 1.29 is 41.0 Å². The highest BCUT2D eigenvalue weighted by atomic mass is 35.5. The zero-order valence-corrected chi connectivity index (χ0v) is 17.2. The van der Waals surface area contributed by atoms with Crippen LogP contribution in [0.2, 0.25) is 0 Å². The lowest BCUT2D eigenvalue weighted by Gasteiger charge is -2.43. The SMILES string of the molecule is CC1(C)S[C@@H]2[C@H](NC(=O)C(N)c3ccc(O)cc3)C(=O)N2[C@H]1C(=O)O.Cl.O.O.O. The molecule has 2 aliphatic heterocycles. The molecule has 3 rings (SSSR count). The Morgan fingerprint density at radius 2 is 1.72 bits per heavy atom. The van der Waals surface area contributed by atoms with Gasteiger partial charge in [0.1, 0.15) is 29.2 Å². The molecule has 2 fully saturated rings. The van der Waals surface area contributed by atoms with Crippen LogP contribution >= 0.6 is 24.2 Å². The standard InChI is InChI=1S/C16H19N3O5S.ClH.3H2O/c1-16(2)11(15(23)24)19-13(22)10(14(19)25-16)18-12(21)9(17)7-3-5-8(20)6-4-7;;;;/h3-6,9-11,14,20H,17H2,1-2H3,(H,18,21)(H,23,24);1H;3*1H2/t9?,10-,11+,14-;;;;/m1..../s1. The summed E-state index contributed by atoms with van der Waals surface area (Å²) in [7, 11) is 0. The minimum absolute atomic E-state index is 0. The van der Waals surface area contributed by atoms with E-state index >= 15 is 0 Å². The van der Waals surface area contributed by atoms with Crippen molar-refractivity contribution in [2.75, 3.05) is 0 Å². The molecule has 0 saturated carbocycles. The number of nitrogens with zero attached hydrogens (tertiary/aromatic N) is 1. The average molecular weight is 456 g/mol. The number of carbonyl (C=O) groups is 3. The van der Waals surface area contributed by atoms with Gasteiger partial charge in [0.2, 0.25) is 11.8 Å². The summed E-state index contributed by atoms with van der Waals surface area (Å²) in [5.74, 6) is -1.94. The fourth-order valence-electron chi connectivity index (χ4n) is 3.22. The fraction of sp³-hybridized carbons (Fsp3) is 0.438. The smallest absolute Gasteiger partial charge is 0.327 e. The van der Waals surface area contributed by atoms with E-state index in [9.17, 15) is 24.6 Å². The molecule has 13 heteroatoms. The van der Waals surface area contributed by atoms with E-state index in [-0.39, 0.29) is 34.6 Å². The van der Waals surface area contributed by atoms with Gasteiger partial charge < -0.3 is 42.6 Å². The molecule has 1 aromatic rings. The molecule has 4 atom stereocenters. The highest BCUT2D eigenvalue weighted by molar-refractivity contribution is 8.01. The Morgan fingerprint density at radius 1 is 1.21 bits per heavy atom. The van der Waals surface area contributed by atoms with Crippen LogP contribution in [-0.4, -0.2) is 71.5 Å². The minimum atomic E-state index is -1.06. The number of rotatable bonds is 4. The first-order valence-electron chi connectivity index (χ1n) is 7.71. The van der Waals surface area contributed by atoms with E-state index < -0.39 is 46.0 Å². The first-order chi connectivity index (χ1) is 11.6. The number of nitrogens with one attached hydrogen (secondary N) is 1. The van der Waals surface area contributed by atoms with Gasteiger partial charge in [-0.25, -0.2) is 4.79 Å². The Labute approximate surface area is 177 Å². The number of aromatic hydroxyl groups is 1. The van der Waals surface area contributed by atoms with Crippen LogP contribution in [-0.2, 0) is 14.4 Å². The summed E-state index contributed by atoms with van der Waals surface area (Å²) in [6.07, 6.45) is 0. The number of amides is 2. The number of benzene rings is 1. The number of β-lactam (4-membered cyclic amide) rings is 1. The van der Waals surface area contributed by atoms with Crippen LogP contribution in [0.15, 0.2) is 24.3 Å². The minimum Gasteiger partial charge on any atom is -0.508 e. The Bertz CT molecular complexity index is 748. The number of phenols is 1. The molecule has 1 unspecified atom stereocenters. The lowest BCUT2D eigenvalue weighted by molar-refractivity contribution is -0.161. The van der Waals surface area contributed by atoms with Crippen molar-refractivity contribution in [3.63, 3.8) is 0 Å². The van der Waals surface area contributed by atoms with E-state index in [4.69, 9.17) is 5.73 Å². The molecular formula is C16H26ClN3O8S. The van der Waals surface area contributed by atoms with Gasteiger partial charge in [0.15, 0.2) is 0 Å². The van der Waals surface area contributed by atoms with Gasteiger partial charge in [-0.2, -0.15) is 0 Å². The molecule has 2 heterocycles. The van der Waals surface area contributed by atoms with Crippen LogP contribution in [0.25, 0.3) is 0 Å². The quantitative estimate of drug-likeness (QED) is 0.371. The lowest BCUT2D eigenvalue weighted by atomic mass is 9.95. The van der Waals surface area contributed by atoms with E-state index in [0.29, 0.717) is 5.56 Å². The summed E-state index contributed by atoms with van der Waals surface area (Å²) >= 11 is 1.35. The first-order valence-corrected chi connectivity index (χ1v) is 8.59. The second-order valence-corrected chi connectivity index (χ2v) is 8.42. The van der Waals surface area contributed by atoms with E-state index in [1.54, 1.807) is 13.8 Å². The predicted molar refractivity (Wildman–Crippen MR) is 109 cm³/mol. The number of hydrogen-bond acceptors (Lipinski definition) is 6. The fourth-order valence-corrected chi connectivity index (χ4v) is 4.85. The maximum atomic E-state index is 12.3. The summed E-state index contributed by atoms with van der Waals surface area (Å²) in [4.78, 5) is 37.5. The molecule has 2 amide bonds. The number of thioether (sulfide) groups is 1. The van der Waals surface area contributed by atoms with Gasteiger partial charge in [0.05, 0.1) is 0 Å². The van der Waals surface area contributed by atoms with Gasteiger partial charge >= 0.3 is 5.97 Å². The van der Waals surface area contributed by atoms with Gasteiger partial charge in [-0.15, -0.1) is 24.2 Å². The van der Waals surface area contributed by atoms with Crippen LogP contribution < -0.4 is 11.1 Å². The van der Waals surface area contributed by atoms with Crippen LogP contribution in [0.1, 0.15) is 25.5 Å². The number of nitrogens with two attached hydrogens (primary N) is 1. The molecule has 11 N–H and O–H groups in total. The highest BCUT2D eigenvalue weighted by Gasteiger charge is 2.64.